The molecule has 1 aliphatic rings. The van der Waals surface area contributed by atoms with Crippen LogP contribution in [0.3, 0.4) is 0 Å². The van der Waals surface area contributed by atoms with Gasteiger partial charge in [0.25, 0.3) is 0 Å². The zero-order valence-electron chi connectivity index (χ0n) is 11.6. The van der Waals surface area contributed by atoms with Gasteiger partial charge in [-0.1, -0.05) is 6.92 Å². The van der Waals surface area contributed by atoms with E-state index in [1.165, 1.54) is 18.5 Å². The maximum Gasteiger partial charge on any atom is 0.0724 e. The summed E-state index contributed by atoms with van der Waals surface area (Å²) in [6.45, 7) is 5.72. The number of hydrogen-bond acceptors (Lipinski definition) is 3. The van der Waals surface area contributed by atoms with Crippen molar-refractivity contribution in [3.63, 3.8) is 0 Å². The topological polar surface area (TPSA) is 42.2 Å². The Balaban J connectivity index is 2.03. The third-order valence-electron chi connectivity index (χ3n) is 4.25. The van der Waals surface area contributed by atoms with Crippen LogP contribution in [0.4, 0.5) is 11.4 Å². The van der Waals surface area contributed by atoms with E-state index in [9.17, 15) is 0 Å². The lowest BCUT2D eigenvalue weighted by Crippen LogP contribution is -2.40. The van der Waals surface area contributed by atoms with Gasteiger partial charge in [0, 0.05) is 24.2 Å². The number of aromatic nitrogens is 1. The molecule has 0 spiro atoms. The van der Waals surface area contributed by atoms with Crippen LogP contribution in [0.5, 0.6) is 0 Å². The monoisotopic (exact) mass is 255 g/mol. The van der Waals surface area contributed by atoms with E-state index >= 15 is 0 Å². The molecule has 0 radical (unpaired) electrons. The largest absolute Gasteiger partial charge is 0.396 e. The molecule has 0 aliphatic carbocycles. The van der Waals surface area contributed by atoms with Gasteiger partial charge in [-0.15, -0.1) is 0 Å². The highest BCUT2D eigenvalue weighted by Gasteiger charge is 2.24. The average molecular weight is 255 g/mol. The number of fused-ring (bicyclic) bond motifs is 1. The molecule has 2 unspecified atom stereocenters. The van der Waals surface area contributed by atoms with Gasteiger partial charge in [0.1, 0.15) is 0 Å². The van der Waals surface area contributed by atoms with Gasteiger partial charge in [0.15, 0.2) is 0 Å². The molecule has 100 valence electrons. The lowest BCUT2D eigenvalue weighted by molar-refractivity contribution is 0.378. The predicted octanol–water partition coefficient (Wildman–Crippen LogP) is 3.44. The molecule has 1 fully saturated rings. The number of benzene rings is 1. The van der Waals surface area contributed by atoms with Crippen molar-refractivity contribution in [1.82, 2.24) is 4.98 Å². The minimum absolute atomic E-state index is 0.556. The standard InChI is InChI=1S/C16H21N3/c1-11-7-9-19(12(2)10-11)15-6-5-14-13(16(15)17)4-3-8-18-14/h3-6,8,11-12H,7,9-10,17H2,1-2H3. The average Bonchev–Trinajstić information content (AvgIpc) is 2.41. The number of pyridine rings is 1. The van der Waals surface area contributed by atoms with Crippen molar-refractivity contribution in [3.05, 3.63) is 30.5 Å². The second-order valence-corrected chi connectivity index (χ2v) is 5.74. The summed E-state index contributed by atoms with van der Waals surface area (Å²) in [6.07, 6.45) is 4.30. The number of piperidine rings is 1. The Morgan fingerprint density at radius 1 is 1.26 bits per heavy atom. The molecule has 3 heteroatoms. The molecule has 2 heterocycles. The molecular formula is C16H21N3. The summed E-state index contributed by atoms with van der Waals surface area (Å²) in [7, 11) is 0. The lowest BCUT2D eigenvalue weighted by atomic mass is 9.92. The predicted molar refractivity (Wildman–Crippen MR) is 81.4 cm³/mol. The first-order valence-corrected chi connectivity index (χ1v) is 7.06. The first-order chi connectivity index (χ1) is 9.16. The van der Waals surface area contributed by atoms with Crippen LogP contribution in [0, 0.1) is 5.92 Å². The minimum atomic E-state index is 0.556. The zero-order chi connectivity index (χ0) is 13.4. The van der Waals surface area contributed by atoms with E-state index in [2.05, 4.69) is 41.9 Å². The highest BCUT2D eigenvalue weighted by molar-refractivity contribution is 5.97. The van der Waals surface area contributed by atoms with E-state index in [-0.39, 0.29) is 0 Å². The van der Waals surface area contributed by atoms with Gasteiger partial charge in [-0.25, -0.2) is 0 Å². The van der Waals surface area contributed by atoms with Crippen molar-refractivity contribution >= 4 is 22.3 Å². The van der Waals surface area contributed by atoms with Gasteiger partial charge in [-0.05, 0) is 49.9 Å². The third kappa shape index (κ3) is 2.14. The van der Waals surface area contributed by atoms with E-state index in [0.29, 0.717) is 6.04 Å². The van der Waals surface area contributed by atoms with E-state index < -0.39 is 0 Å². The summed E-state index contributed by atoms with van der Waals surface area (Å²) in [5, 5.41) is 1.06. The van der Waals surface area contributed by atoms with Gasteiger partial charge < -0.3 is 10.6 Å². The van der Waals surface area contributed by atoms with Crippen LogP contribution in [0.1, 0.15) is 26.7 Å². The van der Waals surface area contributed by atoms with Crippen LogP contribution in [-0.4, -0.2) is 17.6 Å². The first-order valence-electron chi connectivity index (χ1n) is 7.06. The van der Waals surface area contributed by atoms with Crippen molar-refractivity contribution < 1.29 is 0 Å². The summed E-state index contributed by atoms with van der Waals surface area (Å²) in [5.41, 5.74) is 9.37. The van der Waals surface area contributed by atoms with Crippen LogP contribution in [0.25, 0.3) is 10.9 Å². The fourth-order valence-corrected chi connectivity index (χ4v) is 3.18. The molecule has 1 aromatic heterocycles. The van der Waals surface area contributed by atoms with Crippen LogP contribution < -0.4 is 10.6 Å². The van der Waals surface area contributed by atoms with E-state index in [4.69, 9.17) is 5.73 Å². The first kappa shape index (κ1) is 12.3. The number of rotatable bonds is 1. The Hall–Kier alpha value is -1.77. The van der Waals surface area contributed by atoms with Gasteiger partial charge >= 0.3 is 0 Å². The van der Waals surface area contributed by atoms with Crippen molar-refractivity contribution in [2.75, 3.05) is 17.2 Å². The maximum atomic E-state index is 6.37. The van der Waals surface area contributed by atoms with Crippen molar-refractivity contribution in [1.29, 1.82) is 0 Å². The smallest absolute Gasteiger partial charge is 0.0724 e. The van der Waals surface area contributed by atoms with Gasteiger partial charge in [-0.2, -0.15) is 0 Å². The Kier molecular flexibility index (Phi) is 3.05. The summed E-state index contributed by atoms with van der Waals surface area (Å²) >= 11 is 0. The number of anilines is 2. The van der Waals surface area contributed by atoms with E-state index in [0.717, 1.165) is 29.1 Å². The van der Waals surface area contributed by atoms with Gasteiger partial charge in [0.2, 0.25) is 0 Å². The molecule has 1 aromatic carbocycles. The molecule has 3 rings (SSSR count). The molecule has 1 aliphatic heterocycles. The van der Waals surface area contributed by atoms with Crippen LogP contribution in [0.15, 0.2) is 30.5 Å². The maximum absolute atomic E-state index is 6.37. The zero-order valence-corrected chi connectivity index (χ0v) is 11.6. The van der Waals surface area contributed by atoms with Crippen molar-refractivity contribution in [2.45, 2.75) is 32.7 Å². The minimum Gasteiger partial charge on any atom is -0.396 e. The van der Waals surface area contributed by atoms with Crippen molar-refractivity contribution in [2.24, 2.45) is 5.92 Å². The molecule has 0 bridgehead atoms. The molecule has 2 aromatic rings. The second-order valence-electron chi connectivity index (χ2n) is 5.74. The van der Waals surface area contributed by atoms with Crippen molar-refractivity contribution in [3.8, 4) is 0 Å². The molecule has 3 nitrogen and oxygen atoms in total. The summed E-state index contributed by atoms with van der Waals surface area (Å²) in [4.78, 5) is 6.81. The number of nitrogens with zero attached hydrogens (tertiary/aromatic N) is 2. The number of nitrogens with two attached hydrogens (primary N) is 1. The molecule has 0 amide bonds. The Bertz CT molecular complexity index is 594. The molecule has 2 atom stereocenters. The second kappa shape index (κ2) is 4.72. The summed E-state index contributed by atoms with van der Waals surface area (Å²) in [6, 6.07) is 8.76. The van der Waals surface area contributed by atoms with Crippen LogP contribution >= 0.6 is 0 Å². The molecule has 19 heavy (non-hydrogen) atoms. The molecular weight excluding hydrogens is 234 g/mol. The quantitative estimate of drug-likeness (QED) is 0.794. The van der Waals surface area contributed by atoms with Gasteiger partial charge in [0.05, 0.1) is 16.9 Å². The third-order valence-corrected chi connectivity index (χ3v) is 4.25. The SMILES string of the molecule is CC1CCN(c2ccc3ncccc3c2N)C(C)C1. The number of hydrogen-bond donors (Lipinski definition) is 1. The van der Waals surface area contributed by atoms with Crippen LogP contribution in [-0.2, 0) is 0 Å². The van der Waals surface area contributed by atoms with Gasteiger partial charge in [-0.3, -0.25) is 4.98 Å². The molecule has 2 N–H and O–H groups in total. The highest BCUT2D eigenvalue weighted by Crippen LogP contribution is 2.35. The molecule has 0 saturated carbocycles. The highest BCUT2D eigenvalue weighted by atomic mass is 15.2. The Labute approximate surface area is 114 Å². The fourth-order valence-electron chi connectivity index (χ4n) is 3.18. The lowest BCUT2D eigenvalue weighted by Gasteiger charge is -2.39. The van der Waals surface area contributed by atoms with E-state index in [1.807, 2.05) is 12.3 Å². The Morgan fingerprint density at radius 3 is 2.89 bits per heavy atom. The van der Waals surface area contributed by atoms with E-state index in [1.54, 1.807) is 0 Å². The molecule has 1 saturated heterocycles. The Morgan fingerprint density at radius 2 is 2.11 bits per heavy atom. The fraction of sp³-hybridized carbons (Fsp3) is 0.438. The normalized spacial score (nSPS) is 23.8. The summed E-state index contributed by atoms with van der Waals surface area (Å²) < 4.78 is 0. The number of nitrogen functional groups attached to an aromatic ring is 1. The summed E-state index contributed by atoms with van der Waals surface area (Å²) in [5.74, 6) is 0.814. The van der Waals surface area contributed by atoms with Crippen LogP contribution in [0.2, 0.25) is 0 Å².